The summed E-state index contributed by atoms with van der Waals surface area (Å²) < 4.78 is 31.8. The molecule has 0 fully saturated rings. The van der Waals surface area contributed by atoms with Crippen molar-refractivity contribution in [3.63, 3.8) is 0 Å². The van der Waals surface area contributed by atoms with Gasteiger partial charge in [-0.15, -0.1) is 0 Å². The van der Waals surface area contributed by atoms with Gasteiger partial charge in [-0.05, 0) is 36.6 Å². The third-order valence-electron chi connectivity index (χ3n) is 7.22. The molecule has 0 bridgehead atoms. The van der Waals surface area contributed by atoms with Crippen LogP contribution in [0.4, 0.5) is 16.2 Å². The Balaban J connectivity index is 1.61. The second-order valence-corrected chi connectivity index (χ2v) is 12.4. The summed E-state index contributed by atoms with van der Waals surface area (Å²) in [6, 6.07) is 17.6. The number of urea groups is 1. The molecular formula is C29H36N4O6S. The van der Waals surface area contributed by atoms with Gasteiger partial charge in [0.15, 0.2) is 0 Å². The SMILES string of the molecule is C[C@H](CO)N1C[C@H](C)[C@@H](CN(C)S(C)(=O)=O)Oc2ccc(NC(=O)Nc3cccc4ccccc34)cc2CC1=O. The predicted octanol–water partition coefficient (Wildman–Crippen LogP) is 3.52. The third kappa shape index (κ3) is 6.90. The van der Waals surface area contributed by atoms with Gasteiger partial charge in [0.2, 0.25) is 15.9 Å². The highest BCUT2D eigenvalue weighted by atomic mass is 32.2. The fourth-order valence-electron chi connectivity index (χ4n) is 4.73. The maximum atomic E-state index is 13.4. The third-order valence-corrected chi connectivity index (χ3v) is 8.50. The van der Waals surface area contributed by atoms with Crippen molar-refractivity contribution in [3.05, 3.63) is 66.2 Å². The second kappa shape index (κ2) is 12.2. The van der Waals surface area contributed by atoms with Crippen molar-refractivity contribution in [1.29, 1.82) is 0 Å². The minimum atomic E-state index is -3.46. The zero-order valence-corrected chi connectivity index (χ0v) is 23.9. The first-order valence-corrected chi connectivity index (χ1v) is 15.0. The van der Waals surface area contributed by atoms with E-state index in [-0.39, 0.29) is 37.9 Å². The largest absolute Gasteiger partial charge is 0.488 e. The highest BCUT2D eigenvalue weighted by molar-refractivity contribution is 7.88. The number of aliphatic hydroxyl groups is 1. The van der Waals surface area contributed by atoms with Crippen LogP contribution in [0, 0.1) is 5.92 Å². The van der Waals surface area contributed by atoms with Gasteiger partial charge in [0, 0.05) is 36.1 Å². The van der Waals surface area contributed by atoms with E-state index in [9.17, 15) is 23.1 Å². The molecule has 3 N–H and O–H groups in total. The molecule has 3 aromatic carbocycles. The molecule has 4 rings (SSSR count). The Morgan fingerprint density at radius 1 is 1.15 bits per heavy atom. The van der Waals surface area contributed by atoms with E-state index in [4.69, 9.17) is 4.74 Å². The van der Waals surface area contributed by atoms with Gasteiger partial charge in [-0.2, -0.15) is 0 Å². The molecule has 3 atom stereocenters. The summed E-state index contributed by atoms with van der Waals surface area (Å²) in [6.45, 7) is 3.81. The van der Waals surface area contributed by atoms with Crippen LogP contribution in [-0.2, 0) is 21.2 Å². The molecule has 3 amide bonds. The van der Waals surface area contributed by atoms with Crippen molar-refractivity contribution in [2.45, 2.75) is 32.4 Å². The Hall–Kier alpha value is -3.67. The zero-order valence-electron chi connectivity index (χ0n) is 23.1. The van der Waals surface area contributed by atoms with Gasteiger partial charge in [-0.25, -0.2) is 17.5 Å². The maximum Gasteiger partial charge on any atom is 0.323 e. The maximum absolute atomic E-state index is 13.4. The molecule has 3 aromatic rings. The Bertz CT molecular complexity index is 1490. The van der Waals surface area contributed by atoms with Crippen molar-refractivity contribution >= 4 is 44.1 Å². The van der Waals surface area contributed by atoms with E-state index in [1.165, 1.54) is 11.4 Å². The number of nitrogens with zero attached hydrogens (tertiary/aromatic N) is 2. The number of ether oxygens (including phenoxy) is 1. The molecule has 0 aromatic heterocycles. The van der Waals surface area contributed by atoms with Crippen LogP contribution in [0.25, 0.3) is 10.8 Å². The number of anilines is 2. The number of likely N-dealkylation sites (N-methyl/N-ethyl adjacent to an activating group) is 1. The smallest absolute Gasteiger partial charge is 0.323 e. The van der Waals surface area contributed by atoms with Gasteiger partial charge in [-0.1, -0.05) is 43.3 Å². The molecule has 0 saturated heterocycles. The number of rotatable bonds is 7. The van der Waals surface area contributed by atoms with Crippen molar-refractivity contribution in [2.75, 3.05) is 43.6 Å². The molecule has 0 spiro atoms. The van der Waals surface area contributed by atoms with Crippen LogP contribution in [0.5, 0.6) is 5.75 Å². The summed E-state index contributed by atoms with van der Waals surface area (Å²) in [5.74, 6) is -0.00397. The fraction of sp³-hybridized carbons (Fsp3) is 0.379. The average molecular weight is 569 g/mol. The van der Waals surface area contributed by atoms with E-state index in [2.05, 4.69) is 10.6 Å². The summed E-state index contributed by atoms with van der Waals surface area (Å²) in [6.07, 6.45) is 0.555. The summed E-state index contributed by atoms with van der Waals surface area (Å²) in [5.41, 5.74) is 1.67. The molecular weight excluding hydrogens is 532 g/mol. The van der Waals surface area contributed by atoms with Crippen molar-refractivity contribution < 1.29 is 27.9 Å². The van der Waals surface area contributed by atoms with E-state index in [0.717, 1.165) is 17.0 Å². The molecule has 1 aliphatic heterocycles. The van der Waals surface area contributed by atoms with Gasteiger partial charge in [0.05, 0.1) is 37.6 Å². The molecule has 11 heteroatoms. The minimum Gasteiger partial charge on any atom is -0.488 e. The lowest BCUT2D eigenvalue weighted by molar-refractivity contribution is -0.134. The van der Waals surface area contributed by atoms with Crippen molar-refractivity contribution in [1.82, 2.24) is 9.21 Å². The lowest BCUT2D eigenvalue weighted by atomic mass is 10.0. The van der Waals surface area contributed by atoms with E-state index in [1.807, 2.05) is 49.4 Å². The van der Waals surface area contributed by atoms with E-state index >= 15 is 0 Å². The van der Waals surface area contributed by atoms with Crippen LogP contribution in [-0.4, -0.2) is 79.8 Å². The monoisotopic (exact) mass is 568 g/mol. The van der Waals surface area contributed by atoms with Crippen LogP contribution in [0.3, 0.4) is 0 Å². The summed E-state index contributed by atoms with van der Waals surface area (Å²) in [5, 5.41) is 17.4. The molecule has 10 nitrogen and oxygen atoms in total. The summed E-state index contributed by atoms with van der Waals surface area (Å²) in [4.78, 5) is 27.9. The van der Waals surface area contributed by atoms with Gasteiger partial charge in [0.25, 0.3) is 0 Å². The van der Waals surface area contributed by atoms with Gasteiger partial charge in [0.1, 0.15) is 11.9 Å². The first-order valence-electron chi connectivity index (χ1n) is 13.1. The number of sulfonamides is 1. The summed E-state index contributed by atoms with van der Waals surface area (Å²) >= 11 is 0. The van der Waals surface area contributed by atoms with Crippen molar-refractivity contribution in [3.8, 4) is 5.75 Å². The van der Waals surface area contributed by atoms with Crippen LogP contribution >= 0.6 is 0 Å². The number of aliphatic hydroxyl groups excluding tert-OH is 1. The van der Waals surface area contributed by atoms with Gasteiger partial charge >= 0.3 is 6.03 Å². The molecule has 1 heterocycles. The highest BCUT2D eigenvalue weighted by Gasteiger charge is 2.32. The van der Waals surface area contributed by atoms with Crippen molar-refractivity contribution in [2.24, 2.45) is 5.92 Å². The first kappa shape index (κ1) is 29.3. The number of carbonyl (C=O) groups excluding carboxylic acids is 2. The quantitative estimate of drug-likeness (QED) is 0.400. The number of hydrogen-bond donors (Lipinski definition) is 3. The summed E-state index contributed by atoms with van der Waals surface area (Å²) in [7, 11) is -1.97. The first-order chi connectivity index (χ1) is 19.0. The van der Waals surface area contributed by atoms with Crippen LogP contribution in [0.15, 0.2) is 60.7 Å². The van der Waals surface area contributed by atoms with Gasteiger partial charge in [-0.3, -0.25) is 4.79 Å². The van der Waals surface area contributed by atoms with E-state index < -0.39 is 28.2 Å². The van der Waals surface area contributed by atoms with Crippen LogP contribution < -0.4 is 15.4 Å². The molecule has 0 saturated carbocycles. The van der Waals surface area contributed by atoms with Crippen LogP contribution in [0.1, 0.15) is 19.4 Å². The number of amides is 3. The topological polar surface area (TPSA) is 128 Å². The predicted molar refractivity (Wildman–Crippen MR) is 156 cm³/mol. The standard InChI is InChI=1S/C29H36N4O6S/c1-19-16-33(20(2)18-34)28(35)15-22-14-23(12-13-26(22)39-27(19)17-32(3)40(4,37)38)30-29(36)31-25-11-7-9-21-8-5-6-10-24(21)25/h5-14,19-20,27,34H,15-18H2,1-4H3,(H2,30,31,36)/t19-,20+,27+/m0/s1. The van der Waals surface area contributed by atoms with E-state index in [1.54, 1.807) is 30.0 Å². The minimum absolute atomic E-state index is 0.0124. The molecule has 0 radical (unpaired) electrons. The molecule has 1 aliphatic rings. The van der Waals surface area contributed by atoms with E-state index in [0.29, 0.717) is 22.7 Å². The average Bonchev–Trinajstić information content (AvgIpc) is 2.95. The number of fused-ring (bicyclic) bond motifs is 2. The van der Waals surface area contributed by atoms with Crippen LogP contribution in [0.2, 0.25) is 0 Å². The Morgan fingerprint density at radius 2 is 1.88 bits per heavy atom. The zero-order chi connectivity index (χ0) is 29.0. The van der Waals surface area contributed by atoms with Gasteiger partial charge < -0.3 is 25.4 Å². The highest BCUT2D eigenvalue weighted by Crippen LogP contribution is 2.30. The normalized spacial score (nSPS) is 18.8. The number of hydrogen-bond acceptors (Lipinski definition) is 6. The Morgan fingerprint density at radius 3 is 2.60 bits per heavy atom. The molecule has 0 unspecified atom stereocenters. The Kier molecular flexibility index (Phi) is 8.97. The lowest BCUT2D eigenvalue weighted by Crippen LogP contribution is -2.48. The molecule has 0 aliphatic carbocycles. The number of benzene rings is 3. The molecule has 214 valence electrons. The number of carbonyl (C=O) groups is 2. The molecule has 40 heavy (non-hydrogen) atoms. The lowest BCUT2D eigenvalue weighted by Gasteiger charge is -2.33. The fourth-order valence-corrected chi connectivity index (χ4v) is 5.15. The second-order valence-electron chi connectivity index (χ2n) is 10.4. The number of nitrogens with one attached hydrogen (secondary N) is 2. The Labute approximate surface area is 235 Å².